The molecule has 3 rings (SSSR count). The molecular formula is C17H22N4O2. The number of urea groups is 2. The molecule has 2 heterocycles. The van der Waals surface area contributed by atoms with Crippen molar-refractivity contribution in [2.45, 2.75) is 25.2 Å². The van der Waals surface area contributed by atoms with Crippen molar-refractivity contribution in [2.24, 2.45) is 5.92 Å². The summed E-state index contributed by atoms with van der Waals surface area (Å²) < 4.78 is 0. The minimum atomic E-state index is -0.298. The average Bonchev–Trinajstić information content (AvgIpc) is 2.54. The van der Waals surface area contributed by atoms with E-state index in [1.54, 1.807) is 23.9 Å². The molecule has 23 heavy (non-hydrogen) atoms. The van der Waals surface area contributed by atoms with Gasteiger partial charge in [0.05, 0.1) is 6.04 Å². The first-order valence-corrected chi connectivity index (χ1v) is 7.79. The molecular weight excluding hydrogens is 292 g/mol. The van der Waals surface area contributed by atoms with Gasteiger partial charge >= 0.3 is 12.1 Å². The van der Waals surface area contributed by atoms with Gasteiger partial charge < -0.3 is 20.4 Å². The molecule has 6 heteroatoms. The lowest BCUT2D eigenvalue weighted by Crippen LogP contribution is -2.73. The van der Waals surface area contributed by atoms with E-state index in [1.165, 1.54) is 0 Å². The fraction of sp³-hybridized carbons (Fsp3) is 0.412. The summed E-state index contributed by atoms with van der Waals surface area (Å²) in [7, 11) is 3.50. The van der Waals surface area contributed by atoms with E-state index >= 15 is 0 Å². The number of fused-ring (bicyclic) bond motifs is 1. The number of likely N-dealkylation sites (N-methyl/N-ethyl adjacent to an activating group) is 1. The Morgan fingerprint density at radius 1 is 1.00 bits per heavy atom. The largest absolute Gasteiger partial charge is 0.335 e. The van der Waals surface area contributed by atoms with Crippen LogP contribution in [0.3, 0.4) is 0 Å². The standard InChI is InChI=1S/C17H22N4O2/c1-11-14-13(10-9-12-7-5-4-6-8-12)20(2)17(23)19-15(14)21(3)16(22)18-11/h4-11,13-15H,1-3H3,(H,18,22)(H,19,23)/b10-9+/t11-,13+,14+,15-/m1/s1. The molecule has 0 unspecified atom stereocenters. The topological polar surface area (TPSA) is 64.7 Å². The first kappa shape index (κ1) is 15.4. The second kappa shape index (κ2) is 5.95. The molecule has 4 amide bonds. The molecule has 2 fully saturated rings. The van der Waals surface area contributed by atoms with E-state index in [2.05, 4.69) is 10.6 Å². The first-order chi connectivity index (χ1) is 11.0. The highest BCUT2D eigenvalue weighted by Crippen LogP contribution is 2.29. The van der Waals surface area contributed by atoms with Gasteiger partial charge in [-0.05, 0) is 12.5 Å². The SMILES string of the molecule is C[C@H]1NC(=O)N(C)[C@H]2NC(=O)N(C)[C@@H](/C=C/c3ccccc3)[C@H]12. The maximum absolute atomic E-state index is 12.3. The molecule has 2 aliphatic rings. The summed E-state index contributed by atoms with van der Waals surface area (Å²) in [6, 6.07) is 9.54. The van der Waals surface area contributed by atoms with E-state index < -0.39 is 0 Å². The van der Waals surface area contributed by atoms with Crippen LogP contribution in [-0.2, 0) is 0 Å². The Morgan fingerprint density at radius 3 is 2.35 bits per heavy atom. The van der Waals surface area contributed by atoms with Gasteiger partial charge in [0.1, 0.15) is 6.17 Å². The summed E-state index contributed by atoms with van der Waals surface area (Å²) in [5, 5.41) is 5.89. The Labute approximate surface area is 136 Å². The van der Waals surface area contributed by atoms with Crippen molar-refractivity contribution >= 4 is 18.1 Å². The van der Waals surface area contributed by atoms with Crippen molar-refractivity contribution in [3.63, 3.8) is 0 Å². The Morgan fingerprint density at radius 2 is 1.65 bits per heavy atom. The highest BCUT2D eigenvalue weighted by molar-refractivity contribution is 5.80. The number of amides is 4. The second-order valence-corrected chi connectivity index (χ2v) is 6.19. The van der Waals surface area contributed by atoms with Crippen LogP contribution in [0.1, 0.15) is 12.5 Å². The second-order valence-electron chi connectivity index (χ2n) is 6.19. The number of hydrogen-bond acceptors (Lipinski definition) is 2. The minimum Gasteiger partial charge on any atom is -0.335 e. The van der Waals surface area contributed by atoms with Crippen LogP contribution >= 0.6 is 0 Å². The minimum absolute atomic E-state index is 0.0304. The molecule has 4 atom stereocenters. The van der Waals surface area contributed by atoms with Crippen molar-refractivity contribution in [3.05, 3.63) is 42.0 Å². The van der Waals surface area contributed by atoms with Gasteiger partial charge in [0.25, 0.3) is 0 Å². The number of hydrogen-bond donors (Lipinski definition) is 2. The van der Waals surface area contributed by atoms with Gasteiger partial charge in [0.2, 0.25) is 0 Å². The van der Waals surface area contributed by atoms with Crippen LogP contribution in [0.2, 0.25) is 0 Å². The summed E-state index contributed by atoms with van der Waals surface area (Å²) >= 11 is 0. The third-order valence-corrected chi connectivity index (χ3v) is 4.75. The number of nitrogens with zero attached hydrogens (tertiary/aromatic N) is 2. The summed E-state index contributed by atoms with van der Waals surface area (Å²) in [5.41, 5.74) is 1.09. The van der Waals surface area contributed by atoms with E-state index in [0.29, 0.717) is 0 Å². The molecule has 0 saturated carbocycles. The number of rotatable bonds is 2. The van der Waals surface area contributed by atoms with Gasteiger partial charge in [-0.15, -0.1) is 0 Å². The van der Waals surface area contributed by atoms with Crippen molar-refractivity contribution in [3.8, 4) is 0 Å². The van der Waals surface area contributed by atoms with Crippen molar-refractivity contribution in [1.29, 1.82) is 0 Å². The van der Waals surface area contributed by atoms with Crippen LogP contribution in [0.4, 0.5) is 9.59 Å². The third-order valence-electron chi connectivity index (χ3n) is 4.75. The van der Waals surface area contributed by atoms with Gasteiger partial charge in [0.15, 0.2) is 0 Å². The first-order valence-electron chi connectivity index (χ1n) is 7.79. The molecule has 2 saturated heterocycles. The lowest BCUT2D eigenvalue weighted by atomic mass is 9.84. The fourth-order valence-corrected chi connectivity index (χ4v) is 3.38. The molecule has 122 valence electrons. The van der Waals surface area contributed by atoms with Crippen LogP contribution in [-0.4, -0.2) is 54.2 Å². The zero-order valence-electron chi connectivity index (χ0n) is 13.6. The lowest BCUT2D eigenvalue weighted by Gasteiger charge is -2.51. The van der Waals surface area contributed by atoms with Gasteiger partial charge in [-0.2, -0.15) is 0 Å². The smallest absolute Gasteiger partial charge is 0.319 e. The Bertz CT molecular complexity index is 631. The van der Waals surface area contributed by atoms with Gasteiger partial charge in [-0.25, -0.2) is 9.59 Å². The Balaban J connectivity index is 1.91. The predicted molar refractivity (Wildman–Crippen MR) is 88.6 cm³/mol. The zero-order chi connectivity index (χ0) is 16.6. The number of carbonyl (C=O) groups is 2. The predicted octanol–water partition coefficient (Wildman–Crippen LogP) is 1.71. The normalized spacial score (nSPS) is 30.9. The van der Waals surface area contributed by atoms with Crippen LogP contribution in [0.25, 0.3) is 6.08 Å². The molecule has 0 spiro atoms. The number of carbonyl (C=O) groups excluding carboxylic acids is 2. The van der Waals surface area contributed by atoms with Gasteiger partial charge in [-0.3, -0.25) is 0 Å². The molecule has 6 nitrogen and oxygen atoms in total. The lowest BCUT2D eigenvalue weighted by molar-refractivity contribution is 0.0407. The molecule has 0 aliphatic carbocycles. The molecule has 1 aromatic rings. The third kappa shape index (κ3) is 2.76. The quantitative estimate of drug-likeness (QED) is 0.873. The van der Waals surface area contributed by atoms with Gasteiger partial charge in [-0.1, -0.05) is 42.5 Å². The van der Waals surface area contributed by atoms with Crippen molar-refractivity contribution in [1.82, 2.24) is 20.4 Å². The van der Waals surface area contributed by atoms with Crippen LogP contribution in [0, 0.1) is 5.92 Å². The van der Waals surface area contributed by atoms with E-state index in [1.807, 2.05) is 49.4 Å². The summed E-state index contributed by atoms with van der Waals surface area (Å²) in [5.74, 6) is 0.0698. The summed E-state index contributed by atoms with van der Waals surface area (Å²) in [6.45, 7) is 1.98. The molecule has 0 aromatic heterocycles. The molecule has 2 aliphatic heterocycles. The fourth-order valence-electron chi connectivity index (χ4n) is 3.38. The highest BCUT2D eigenvalue weighted by atomic mass is 16.2. The van der Waals surface area contributed by atoms with E-state index in [0.717, 1.165) is 5.56 Å². The van der Waals surface area contributed by atoms with Crippen molar-refractivity contribution < 1.29 is 9.59 Å². The molecule has 0 radical (unpaired) electrons. The Hall–Kier alpha value is -2.50. The average molecular weight is 314 g/mol. The molecule has 1 aromatic carbocycles. The maximum atomic E-state index is 12.3. The van der Waals surface area contributed by atoms with Crippen molar-refractivity contribution in [2.75, 3.05) is 14.1 Å². The van der Waals surface area contributed by atoms with Gasteiger partial charge in [0, 0.05) is 26.1 Å². The van der Waals surface area contributed by atoms with E-state index in [-0.39, 0.29) is 36.2 Å². The highest BCUT2D eigenvalue weighted by Gasteiger charge is 2.48. The zero-order valence-corrected chi connectivity index (χ0v) is 13.6. The van der Waals surface area contributed by atoms with Crippen LogP contribution < -0.4 is 10.6 Å². The van der Waals surface area contributed by atoms with E-state index in [9.17, 15) is 9.59 Å². The summed E-state index contributed by atoms with van der Waals surface area (Å²) in [4.78, 5) is 27.5. The maximum Gasteiger partial charge on any atom is 0.319 e. The number of benzene rings is 1. The number of nitrogens with one attached hydrogen (secondary N) is 2. The Kier molecular flexibility index (Phi) is 3.98. The van der Waals surface area contributed by atoms with Crippen LogP contribution in [0.15, 0.2) is 36.4 Å². The molecule has 0 bridgehead atoms. The van der Waals surface area contributed by atoms with E-state index in [4.69, 9.17) is 0 Å². The van der Waals surface area contributed by atoms with Crippen LogP contribution in [0.5, 0.6) is 0 Å². The molecule has 2 N–H and O–H groups in total. The summed E-state index contributed by atoms with van der Waals surface area (Å²) in [6.07, 6.45) is 3.78. The monoisotopic (exact) mass is 314 g/mol.